The van der Waals surface area contributed by atoms with Crippen molar-refractivity contribution in [2.45, 2.75) is 25.9 Å². The summed E-state index contributed by atoms with van der Waals surface area (Å²) in [7, 11) is 0. The molecule has 0 heterocycles. The average molecular weight is 373 g/mol. The summed E-state index contributed by atoms with van der Waals surface area (Å²) in [5.41, 5.74) is 2.25. The Kier molecular flexibility index (Phi) is 5.50. The van der Waals surface area contributed by atoms with Crippen molar-refractivity contribution < 1.29 is 0 Å². The molecule has 106 valence electrons. The van der Waals surface area contributed by atoms with Crippen molar-refractivity contribution >= 4 is 39.1 Å². The SMILES string of the molecule is CC(NC(C)c1cc(Cl)ccc1Cl)c1ccc(Br)cc1. The molecule has 2 atom stereocenters. The molecule has 2 aromatic rings. The van der Waals surface area contributed by atoms with Crippen LogP contribution in [0.25, 0.3) is 0 Å². The van der Waals surface area contributed by atoms with Crippen LogP contribution >= 0.6 is 39.1 Å². The van der Waals surface area contributed by atoms with Gasteiger partial charge in [0.1, 0.15) is 0 Å². The third-order valence-corrected chi connectivity index (χ3v) is 4.40. The van der Waals surface area contributed by atoms with Gasteiger partial charge in [-0.05, 0) is 55.3 Å². The van der Waals surface area contributed by atoms with Crippen molar-refractivity contribution in [3.8, 4) is 0 Å². The van der Waals surface area contributed by atoms with Gasteiger partial charge in [0.15, 0.2) is 0 Å². The molecule has 0 aromatic heterocycles. The van der Waals surface area contributed by atoms with Gasteiger partial charge in [-0.25, -0.2) is 0 Å². The van der Waals surface area contributed by atoms with Crippen LogP contribution in [0.15, 0.2) is 46.9 Å². The van der Waals surface area contributed by atoms with Crippen LogP contribution < -0.4 is 5.32 Å². The molecule has 0 spiro atoms. The molecule has 0 fully saturated rings. The molecular formula is C16H16BrCl2N. The summed E-state index contributed by atoms with van der Waals surface area (Å²) < 4.78 is 1.08. The lowest BCUT2D eigenvalue weighted by Crippen LogP contribution is -2.22. The lowest BCUT2D eigenvalue weighted by molar-refractivity contribution is 0.495. The number of rotatable bonds is 4. The maximum absolute atomic E-state index is 6.24. The van der Waals surface area contributed by atoms with Crippen LogP contribution in [0, 0.1) is 0 Å². The topological polar surface area (TPSA) is 12.0 Å². The Bertz CT molecular complexity index is 584. The zero-order valence-corrected chi connectivity index (χ0v) is 14.4. The lowest BCUT2D eigenvalue weighted by atomic mass is 10.0. The Balaban J connectivity index is 2.12. The molecule has 1 N–H and O–H groups in total. The smallest absolute Gasteiger partial charge is 0.0454 e. The minimum atomic E-state index is 0.125. The van der Waals surface area contributed by atoms with Crippen LogP contribution in [0.5, 0.6) is 0 Å². The number of benzene rings is 2. The second kappa shape index (κ2) is 6.95. The van der Waals surface area contributed by atoms with E-state index in [0.29, 0.717) is 5.02 Å². The Labute approximate surface area is 138 Å². The van der Waals surface area contributed by atoms with Gasteiger partial charge in [-0.3, -0.25) is 0 Å². The maximum atomic E-state index is 6.24. The van der Waals surface area contributed by atoms with Gasteiger partial charge in [0, 0.05) is 26.6 Å². The second-order valence-electron chi connectivity index (χ2n) is 4.83. The van der Waals surface area contributed by atoms with Crippen LogP contribution in [0.4, 0.5) is 0 Å². The Hall–Kier alpha value is -0.540. The van der Waals surface area contributed by atoms with Gasteiger partial charge in [-0.15, -0.1) is 0 Å². The van der Waals surface area contributed by atoms with E-state index < -0.39 is 0 Å². The van der Waals surface area contributed by atoms with Gasteiger partial charge in [0.05, 0.1) is 0 Å². The van der Waals surface area contributed by atoms with E-state index in [0.717, 1.165) is 15.1 Å². The molecule has 0 saturated carbocycles. The van der Waals surface area contributed by atoms with Gasteiger partial charge in [-0.2, -0.15) is 0 Å². The molecule has 20 heavy (non-hydrogen) atoms. The summed E-state index contributed by atoms with van der Waals surface area (Å²) >= 11 is 15.7. The largest absolute Gasteiger partial charge is 0.304 e. The summed E-state index contributed by atoms with van der Waals surface area (Å²) in [5.74, 6) is 0. The fourth-order valence-corrected chi connectivity index (χ4v) is 2.88. The monoisotopic (exact) mass is 371 g/mol. The second-order valence-corrected chi connectivity index (χ2v) is 6.59. The first-order valence-electron chi connectivity index (χ1n) is 6.44. The highest BCUT2D eigenvalue weighted by molar-refractivity contribution is 9.10. The van der Waals surface area contributed by atoms with Crippen molar-refractivity contribution in [2.75, 3.05) is 0 Å². The zero-order valence-electron chi connectivity index (χ0n) is 11.3. The normalized spacial score (nSPS) is 14.1. The number of hydrogen-bond acceptors (Lipinski definition) is 1. The van der Waals surface area contributed by atoms with E-state index in [1.807, 2.05) is 24.3 Å². The minimum Gasteiger partial charge on any atom is -0.304 e. The predicted octanol–water partition coefficient (Wildman–Crippen LogP) is 6.17. The first kappa shape index (κ1) is 15.8. The molecule has 0 aliphatic carbocycles. The van der Waals surface area contributed by atoms with Crippen molar-refractivity contribution in [3.63, 3.8) is 0 Å². The van der Waals surface area contributed by atoms with E-state index in [2.05, 4.69) is 47.2 Å². The Morgan fingerprint density at radius 1 is 0.950 bits per heavy atom. The third kappa shape index (κ3) is 3.98. The molecule has 4 heteroatoms. The van der Waals surface area contributed by atoms with Crippen LogP contribution in [0.3, 0.4) is 0 Å². The van der Waals surface area contributed by atoms with Gasteiger partial charge in [0.2, 0.25) is 0 Å². The number of hydrogen-bond donors (Lipinski definition) is 1. The number of nitrogens with one attached hydrogen (secondary N) is 1. The molecule has 1 nitrogen and oxygen atoms in total. The minimum absolute atomic E-state index is 0.125. The third-order valence-electron chi connectivity index (χ3n) is 3.29. The highest BCUT2D eigenvalue weighted by atomic mass is 79.9. The van der Waals surface area contributed by atoms with Crippen LogP contribution in [-0.4, -0.2) is 0 Å². The van der Waals surface area contributed by atoms with E-state index in [1.54, 1.807) is 6.07 Å². The maximum Gasteiger partial charge on any atom is 0.0454 e. The summed E-state index contributed by atoms with van der Waals surface area (Å²) in [6, 6.07) is 14.2. The molecule has 0 bridgehead atoms. The average Bonchev–Trinajstić information content (AvgIpc) is 2.42. The van der Waals surface area contributed by atoms with Gasteiger partial charge in [-0.1, -0.05) is 51.3 Å². The fourth-order valence-electron chi connectivity index (χ4n) is 2.16. The Morgan fingerprint density at radius 3 is 2.25 bits per heavy atom. The first-order valence-corrected chi connectivity index (χ1v) is 7.98. The standard InChI is InChI=1S/C16H16BrCl2N/c1-10(12-3-5-13(17)6-4-12)20-11(2)15-9-14(18)7-8-16(15)19/h3-11,20H,1-2H3. The van der Waals surface area contributed by atoms with Gasteiger partial charge in [0.25, 0.3) is 0 Å². The highest BCUT2D eigenvalue weighted by Gasteiger charge is 2.14. The van der Waals surface area contributed by atoms with E-state index in [4.69, 9.17) is 23.2 Å². The van der Waals surface area contributed by atoms with Crippen LogP contribution in [0.1, 0.15) is 37.1 Å². The van der Waals surface area contributed by atoms with Crippen LogP contribution in [0.2, 0.25) is 10.0 Å². The van der Waals surface area contributed by atoms with Crippen molar-refractivity contribution in [1.29, 1.82) is 0 Å². The molecular weight excluding hydrogens is 357 g/mol. The van der Waals surface area contributed by atoms with Crippen molar-refractivity contribution in [2.24, 2.45) is 0 Å². The summed E-state index contributed by atoms with van der Waals surface area (Å²) in [4.78, 5) is 0. The molecule has 2 unspecified atom stereocenters. The van der Waals surface area contributed by atoms with E-state index in [1.165, 1.54) is 5.56 Å². The molecule has 0 amide bonds. The summed E-state index contributed by atoms with van der Waals surface area (Å²) in [5, 5.41) is 4.98. The lowest BCUT2D eigenvalue weighted by Gasteiger charge is -2.22. The zero-order chi connectivity index (χ0) is 14.7. The van der Waals surface area contributed by atoms with Crippen LogP contribution in [-0.2, 0) is 0 Å². The summed E-state index contributed by atoms with van der Waals surface area (Å²) in [6.07, 6.45) is 0. The summed E-state index contributed by atoms with van der Waals surface area (Å²) in [6.45, 7) is 4.23. The van der Waals surface area contributed by atoms with E-state index in [-0.39, 0.29) is 12.1 Å². The Morgan fingerprint density at radius 2 is 1.60 bits per heavy atom. The molecule has 2 aromatic carbocycles. The quantitative estimate of drug-likeness (QED) is 0.676. The highest BCUT2D eigenvalue weighted by Crippen LogP contribution is 2.28. The predicted molar refractivity (Wildman–Crippen MR) is 90.6 cm³/mol. The molecule has 0 aliphatic heterocycles. The molecule has 0 saturated heterocycles. The van der Waals surface area contributed by atoms with E-state index in [9.17, 15) is 0 Å². The first-order chi connectivity index (χ1) is 9.47. The van der Waals surface area contributed by atoms with Crippen molar-refractivity contribution in [1.82, 2.24) is 5.32 Å². The van der Waals surface area contributed by atoms with Crippen molar-refractivity contribution in [3.05, 3.63) is 68.1 Å². The number of halogens is 3. The molecule has 0 radical (unpaired) electrons. The molecule has 0 aliphatic rings. The molecule has 2 rings (SSSR count). The fraction of sp³-hybridized carbons (Fsp3) is 0.250. The van der Waals surface area contributed by atoms with E-state index >= 15 is 0 Å². The van der Waals surface area contributed by atoms with Gasteiger partial charge < -0.3 is 5.32 Å². The van der Waals surface area contributed by atoms with Gasteiger partial charge >= 0.3 is 0 Å².